The number of hydrogen-bond donors (Lipinski definition) is 2. The number of rotatable bonds is 5. The maximum absolute atomic E-state index is 10.5. The molecule has 3 rings (SSSR count). The number of nitrogens with zero attached hydrogens (tertiary/aromatic N) is 2. The highest BCUT2D eigenvalue weighted by molar-refractivity contribution is 6.33. The fourth-order valence-electron chi connectivity index (χ4n) is 3.38. The van der Waals surface area contributed by atoms with Crippen LogP contribution in [0.5, 0.6) is 0 Å². The molecule has 3 N–H and O–H groups in total. The molecule has 2 heterocycles. The summed E-state index contributed by atoms with van der Waals surface area (Å²) >= 11 is 6.44. The topological polar surface area (TPSA) is 62.0 Å². The van der Waals surface area contributed by atoms with Gasteiger partial charge in [0.1, 0.15) is 0 Å². The zero-order chi connectivity index (χ0) is 16.2. The third-order valence-corrected chi connectivity index (χ3v) is 5.04. The number of benzene rings is 1. The van der Waals surface area contributed by atoms with Crippen LogP contribution in [0, 0.1) is 0 Å². The third kappa shape index (κ3) is 4.17. The van der Waals surface area contributed by atoms with Crippen LogP contribution in [0.1, 0.15) is 24.5 Å². The first kappa shape index (κ1) is 17.0. The molecule has 1 unspecified atom stereocenters. The van der Waals surface area contributed by atoms with Gasteiger partial charge in [-0.25, -0.2) is 0 Å². The van der Waals surface area contributed by atoms with Gasteiger partial charge < -0.3 is 25.4 Å². The predicted molar refractivity (Wildman–Crippen MR) is 93.1 cm³/mol. The molecule has 0 radical (unpaired) electrons. The van der Waals surface area contributed by atoms with Gasteiger partial charge in [0.2, 0.25) is 0 Å². The Balaban J connectivity index is 1.65. The first-order valence-electron chi connectivity index (χ1n) is 8.43. The van der Waals surface area contributed by atoms with E-state index in [1.54, 1.807) is 0 Å². The molecule has 2 aliphatic heterocycles. The predicted octanol–water partition coefficient (Wildman–Crippen LogP) is 1.63. The van der Waals surface area contributed by atoms with E-state index in [4.69, 9.17) is 22.1 Å². The fourth-order valence-corrected chi connectivity index (χ4v) is 3.69. The van der Waals surface area contributed by atoms with Gasteiger partial charge in [0, 0.05) is 25.7 Å². The highest BCUT2D eigenvalue weighted by atomic mass is 35.5. The van der Waals surface area contributed by atoms with Crippen LogP contribution in [0.3, 0.4) is 0 Å². The van der Waals surface area contributed by atoms with E-state index in [1.165, 1.54) is 12.8 Å². The largest absolute Gasteiger partial charge is 0.387 e. The Labute approximate surface area is 143 Å². The minimum atomic E-state index is -0.688. The second kappa shape index (κ2) is 7.81. The molecule has 0 spiro atoms. The van der Waals surface area contributed by atoms with E-state index >= 15 is 0 Å². The first-order chi connectivity index (χ1) is 11.1. The lowest BCUT2D eigenvalue weighted by molar-refractivity contribution is 0.122. The highest BCUT2D eigenvalue weighted by Gasteiger charge is 2.23. The molecule has 0 aromatic heterocycles. The summed E-state index contributed by atoms with van der Waals surface area (Å²) in [6, 6.07) is 5.47. The maximum Gasteiger partial charge on any atom is 0.0953 e. The van der Waals surface area contributed by atoms with Crippen LogP contribution in [0.25, 0.3) is 0 Å². The molecule has 0 bridgehead atoms. The van der Waals surface area contributed by atoms with E-state index in [0.29, 0.717) is 5.02 Å². The zero-order valence-electron chi connectivity index (χ0n) is 13.5. The Morgan fingerprint density at radius 2 is 1.87 bits per heavy atom. The Bertz CT molecular complexity index is 517. The lowest BCUT2D eigenvalue weighted by Gasteiger charge is -2.30. The molecule has 6 heteroatoms. The summed E-state index contributed by atoms with van der Waals surface area (Å²) < 4.78 is 5.37. The number of anilines is 1. The van der Waals surface area contributed by atoms with Crippen LogP contribution in [0.2, 0.25) is 5.02 Å². The van der Waals surface area contributed by atoms with E-state index in [0.717, 1.165) is 57.2 Å². The van der Waals surface area contributed by atoms with Crippen molar-refractivity contribution in [2.24, 2.45) is 5.73 Å². The molecule has 2 aliphatic rings. The Hall–Kier alpha value is -0.850. The van der Waals surface area contributed by atoms with Crippen LogP contribution in [-0.4, -0.2) is 62.0 Å². The van der Waals surface area contributed by atoms with Crippen molar-refractivity contribution in [2.45, 2.75) is 25.0 Å². The maximum atomic E-state index is 10.5. The van der Waals surface area contributed by atoms with Crippen LogP contribution in [0.15, 0.2) is 18.2 Å². The number of aliphatic hydroxyl groups excluding tert-OH is 1. The van der Waals surface area contributed by atoms with Gasteiger partial charge in [0.25, 0.3) is 0 Å². The van der Waals surface area contributed by atoms with Crippen LogP contribution in [0.4, 0.5) is 5.69 Å². The van der Waals surface area contributed by atoms with Crippen molar-refractivity contribution in [1.29, 1.82) is 0 Å². The summed E-state index contributed by atoms with van der Waals surface area (Å²) in [5, 5.41) is 11.2. The van der Waals surface area contributed by atoms with Crippen molar-refractivity contribution in [2.75, 3.05) is 50.8 Å². The van der Waals surface area contributed by atoms with Gasteiger partial charge in [0.15, 0.2) is 0 Å². The summed E-state index contributed by atoms with van der Waals surface area (Å²) in [6.45, 7) is 6.02. The number of ether oxygens (including phenoxy) is 1. The summed E-state index contributed by atoms with van der Waals surface area (Å²) in [6.07, 6.45) is 1.76. The molecule has 0 aliphatic carbocycles. The van der Waals surface area contributed by atoms with E-state index in [-0.39, 0.29) is 6.04 Å². The average molecular weight is 340 g/mol. The third-order valence-electron chi connectivity index (χ3n) is 4.74. The molecule has 23 heavy (non-hydrogen) atoms. The molecule has 5 nitrogen and oxygen atoms in total. The first-order valence-corrected chi connectivity index (χ1v) is 8.81. The lowest BCUT2D eigenvalue weighted by atomic mass is 10.0. The van der Waals surface area contributed by atoms with Crippen molar-refractivity contribution in [3.05, 3.63) is 28.8 Å². The highest BCUT2D eigenvalue weighted by Crippen LogP contribution is 2.30. The molecule has 0 saturated carbocycles. The number of morpholine rings is 1. The summed E-state index contributed by atoms with van der Waals surface area (Å²) in [5.41, 5.74) is 7.99. The van der Waals surface area contributed by atoms with Gasteiger partial charge in [-0.1, -0.05) is 17.7 Å². The summed E-state index contributed by atoms with van der Waals surface area (Å²) in [7, 11) is 0. The average Bonchev–Trinajstić information content (AvgIpc) is 3.07. The second-order valence-electron chi connectivity index (χ2n) is 6.43. The van der Waals surface area contributed by atoms with Gasteiger partial charge in [-0.3, -0.25) is 0 Å². The summed E-state index contributed by atoms with van der Waals surface area (Å²) in [5.74, 6) is 0. The SMILES string of the molecule is N[C@H](CN1CCCC1)C(O)c1ccc(N2CCOCC2)c(Cl)c1. The number of aliphatic hydroxyl groups is 1. The van der Waals surface area contributed by atoms with Gasteiger partial charge in [-0.2, -0.15) is 0 Å². The fraction of sp³-hybridized carbons (Fsp3) is 0.647. The number of hydrogen-bond acceptors (Lipinski definition) is 5. The van der Waals surface area contributed by atoms with Gasteiger partial charge in [0.05, 0.1) is 30.0 Å². The molecule has 2 atom stereocenters. The normalized spacial score (nSPS) is 22.3. The standard InChI is InChI=1S/C17H26ClN3O2/c18-14-11-13(3-4-16(14)21-7-9-23-10-8-21)17(22)15(19)12-20-5-1-2-6-20/h3-4,11,15,17,22H,1-2,5-10,12,19H2/t15-,17?/m1/s1. The van der Waals surface area contributed by atoms with Crippen molar-refractivity contribution < 1.29 is 9.84 Å². The van der Waals surface area contributed by atoms with E-state index in [2.05, 4.69) is 9.80 Å². The Morgan fingerprint density at radius 3 is 2.52 bits per heavy atom. The van der Waals surface area contributed by atoms with Gasteiger partial charge in [-0.05, 0) is 43.6 Å². The lowest BCUT2D eigenvalue weighted by Crippen LogP contribution is -2.40. The number of likely N-dealkylation sites (tertiary alicyclic amines) is 1. The second-order valence-corrected chi connectivity index (χ2v) is 6.83. The minimum absolute atomic E-state index is 0.293. The van der Waals surface area contributed by atoms with E-state index in [1.807, 2.05) is 18.2 Å². The Morgan fingerprint density at radius 1 is 1.17 bits per heavy atom. The van der Waals surface area contributed by atoms with Gasteiger partial charge >= 0.3 is 0 Å². The monoisotopic (exact) mass is 339 g/mol. The number of halogens is 1. The van der Waals surface area contributed by atoms with Crippen LogP contribution in [-0.2, 0) is 4.74 Å². The van der Waals surface area contributed by atoms with Crippen LogP contribution < -0.4 is 10.6 Å². The summed E-state index contributed by atoms with van der Waals surface area (Å²) in [4.78, 5) is 4.53. The molecule has 1 aromatic carbocycles. The molecule has 0 amide bonds. The van der Waals surface area contributed by atoms with Crippen LogP contribution >= 0.6 is 11.6 Å². The molecular formula is C17H26ClN3O2. The molecular weight excluding hydrogens is 314 g/mol. The van der Waals surface area contributed by atoms with E-state index < -0.39 is 6.10 Å². The molecule has 2 saturated heterocycles. The van der Waals surface area contributed by atoms with Gasteiger partial charge in [-0.15, -0.1) is 0 Å². The van der Waals surface area contributed by atoms with Crippen molar-refractivity contribution in [1.82, 2.24) is 4.90 Å². The zero-order valence-corrected chi connectivity index (χ0v) is 14.2. The van der Waals surface area contributed by atoms with Crippen molar-refractivity contribution in [3.63, 3.8) is 0 Å². The molecule has 2 fully saturated rings. The minimum Gasteiger partial charge on any atom is -0.387 e. The quantitative estimate of drug-likeness (QED) is 0.854. The van der Waals surface area contributed by atoms with Crippen molar-refractivity contribution in [3.8, 4) is 0 Å². The number of nitrogens with two attached hydrogens (primary N) is 1. The molecule has 1 aromatic rings. The van der Waals surface area contributed by atoms with Crippen molar-refractivity contribution >= 4 is 17.3 Å². The Kier molecular flexibility index (Phi) is 5.77. The smallest absolute Gasteiger partial charge is 0.0953 e. The molecule has 128 valence electrons. The van der Waals surface area contributed by atoms with E-state index in [9.17, 15) is 5.11 Å².